The van der Waals surface area contributed by atoms with Crippen molar-refractivity contribution in [2.45, 2.75) is 0 Å². The molecule has 260 valence electrons. The molecule has 12 rings (SSSR count). The fourth-order valence-corrected chi connectivity index (χ4v) is 9.00. The summed E-state index contributed by atoms with van der Waals surface area (Å²) in [6.45, 7) is 0. The van der Waals surface area contributed by atoms with Gasteiger partial charge in [0.15, 0.2) is 11.6 Å². The molecule has 4 heteroatoms. The van der Waals surface area contributed by atoms with Crippen molar-refractivity contribution in [3.8, 4) is 34.0 Å². The van der Waals surface area contributed by atoms with E-state index in [-0.39, 0.29) is 0 Å². The van der Waals surface area contributed by atoms with Crippen LogP contribution in [-0.4, -0.2) is 19.1 Å². The Balaban J connectivity index is 1.31. The van der Waals surface area contributed by atoms with E-state index in [0.29, 0.717) is 5.82 Å². The fourth-order valence-electron chi connectivity index (χ4n) is 9.00. The van der Waals surface area contributed by atoms with Crippen LogP contribution in [0.4, 0.5) is 0 Å². The lowest BCUT2D eigenvalue weighted by Gasteiger charge is -2.15. The lowest BCUT2D eigenvalue weighted by Crippen LogP contribution is -2.05. The minimum Gasteiger partial charge on any atom is -0.304 e. The highest BCUT2D eigenvalue weighted by molar-refractivity contribution is 6.26. The molecule has 9 aromatic carbocycles. The van der Waals surface area contributed by atoms with Crippen molar-refractivity contribution >= 4 is 76.1 Å². The molecule has 0 N–H and O–H groups in total. The molecule has 0 aliphatic carbocycles. The van der Waals surface area contributed by atoms with Gasteiger partial charge in [-0.05, 0) is 74.5 Å². The number of rotatable bonds is 4. The molecule has 0 saturated carbocycles. The number of benzene rings is 9. The average Bonchev–Trinajstić information content (AvgIpc) is 3.80. The van der Waals surface area contributed by atoms with Crippen LogP contribution in [0.15, 0.2) is 194 Å². The summed E-state index contributed by atoms with van der Waals surface area (Å²) in [4.78, 5) is 11.1. The van der Waals surface area contributed by atoms with E-state index in [1.54, 1.807) is 0 Å². The molecular formula is C52H32N4. The van der Waals surface area contributed by atoms with Gasteiger partial charge in [0.1, 0.15) is 11.0 Å². The first kappa shape index (κ1) is 30.9. The van der Waals surface area contributed by atoms with E-state index >= 15 is 0 Å². The van der Waals surface area contributed by atoms with E-state index in [4.69, 9.17) is 9.97 Å². The SMILES string of the molecule is c1ccc(-c2nc(-n3c4cccc(-c5ccc6ccccc6c5)c4c4c5ccccc5ccc43)c3c(n2)c2ccc4ccccc4c2n3-c2ccccc2)cc1. The molecule has 0 fully saturated rings. The van der Waals surface area contributed by atoms with Gasteiger partial charge < -0.3 is 4.57 Å². The highest BCUT2D eigenvalue weighted by Crippen LogP contribution is 2.45. The van der Waals surface area contributed by atoms with Gasteiger partial charge in [-0.1, -0.05) is 158 Å². The van der Waals surface area contributed by atoms with E-state index < -0.39 is 0 Å². The summed E-state index contributed by atoms with van der Waals surface area (Å²) in [6.07, 6.45) is 0. The predicted molar refractivity (Wildman–Crippen MR) is 234 cm³/mol. The van der Waals surface area contributed by atoms with Gasteiger partial charge >= 0.3 is 0 Å². The Morgan fingerprint density at radius 3 is 1.82 bits per heavy atom. The minimum atomic E-state index is 0.690. The van der Waals surface area contributed by atoms with E-state index in [1.165, 1.54) is 54.2 Å². The third-order valence-electron chi connectivity index (χ3n) is 11.5. The molecule has 0 unspecified atom stereocenters. The van der Waals surface area contributed by atoms with Crippen LogP contribution < -0.4 is 0 Å². The van der Waals surface area contributed by atoms with Crippen molar-refractivity contribution in [2.75, 3.05) is 0 Å². The molecule has 0 amide bonds. The zero-order chi connectivity index (χ0) is 36.7. The first-order valence-corrected chi connectivity index (χ1v) is 19.1. The molecule has 0 saturated heterocycles. The molecule has 3 heterocycles. The highest BCUT2D eigenvalue weighted by Gasteiger charge is 2.26. The number of para-hydroxylation sites is 1. The number of fused-ring (bicyclic) bond motifs is 11. The summed E-state index contributed by atoms with van der Waals surface area (Å²) < 4.78 is 4.79. The second kappa shape index (κ2) is 12.0. The second-order valence-electron chi connectivity index (χ2n) is 14.6. The van der Waals surface area contributed by atoms with Crippen molar-refractivity contribution < 1.29 is 0 Å². The zero-order valence-corrected chi connectivity index (χ0v) is 30.3. The van der Waals surface area contributed by atoms with Crippen molar-refractivity contribution in [1.29, 1.82) is 0 Å². The van der Waals surface area contributed by atoms with Crippen LogP contribution in [0.2, 0.25) is 0 Å². The summed E-state index contributed by atoms with van der Waals surface area (Å²) in [7, 11) is 0. The van der Waals surface area contributed by atoms with Gasteiger partial charge in [0.25, 0.3) is 0 Å². The summed E-state index contributed by atoms with van der Waals surface area (Å²) in [5.74, 6) is 1.53. The van der Waals surface area contributed by atoms with E-state index in [1.807, 2.05) is 6.07 Å². The Kier molecular flexibility index (Phi) is 6.60. The van der Waals surface area contributed by atoms with Crippen LogP contribution in [0, 0.1) is 0 Å². The van der Waals surface area contributed by atoms with Crippen LogP contribution >= 0.6 is 0 Å². The molecule has 12 aromatic rings. The molecular weight excluding hydrogens is 681 g/mol. The average molecular weight is 713 g/mol. The third-order valence-corrected chi connectivity index (χ3v) is 11.5. The van der Waals surface area contributed by atoms with Crippen LogP contribution in [-0.2, 0) is 0 Å². The Labute approximate surface area is 322 Å². The Morgan fingerprint density at radius 2 is 1.00 bits per heavy atom. The van der Waals surface area contributed by atoms with E-state index in [9.17, 15) is 0 Å². The van der Waals surface area contributed by atoms with Crippen molar-refractivity contribution in [2.24, 2.45) is 0 Å². The quantitative estimate of drug-likeness (QED) is 0.182. The van der Waals surface area contributed by atoms with Gasteiger partial charge in [0, 0.05) is 32.8 Å². The largest absolute Gasteiger partial charge is 0.304 e. The van der Waals surface area contributed by atoms with E-state index in [0.717, 1.165) is 50.0 Å². The number of hydrogen-bond donors (Lipinski definition) is 0. The summed E-state index contributed by atoms with van der Waals surface area (Å²) in [6, 6.07) is 69.6. The van der Waals surface area contributed by atoms with Gasteiger partial charge in [-0.25, -0.2) is 9.97 Å². The molecule has 0 aliphatic heterocycles. The molecule has 0 bridgehead atoms. The summed E-state index contributed by atoms with van der Waals surface area (Å²) in [5.41, 5.74) is 9.60. The van der Waals surface area contributed by atoms with Gasteiger partial charge in [-0.3, -0.25) is 4.57 Å². The molecule has 0 radical (unpaired) electrons. The van der Waals surface area contributed by atoms with Gasteiger partial charge in [-0.2, -0.15) is 0 Å². The lowest BCUT2D eigenvalue weighted by molar-refractivity contribution is 1.05. The van der Waals surface area contributed by atoms with E-state index in [2.05, 4.69) is 197 Å². The summed E-state index contributed by atoms with van der Waals surface area (Å²) in [5, 5.41) is 10.7. The third kappa shape index (κ3) is 4.47. The van der Waals surface area contributed by atoms with Gasteiger partial charge in [0.05, 0.1) is 16.6 Å². The normalized spacial score (nSPS) is 11.9. The maximum Gasteiger partial charge on any atom is 0.166 e. The molecule has 56 heavy (non-hydrogen) atoms. The second-order valence-corrected chi connectivity index (χ2v) is 14.6. The first-order valence-electron chi connectivity index (χ1n) is 19.1. The Bertz CT molecular complexity index is 3520. The number of aromatic nitrogens is 4. The van der Waals surface area contributed by atoms with Gasteiger partial charge in [0.2, 0.25) is 0 Å². The maximum atomic E-state index is 5.63. The fraction of sp³-hybridized carbons (Fsp3) is 0. The molecule has 0 spiro atoms. The standard InChI is InChI=1S/C52H32N4/c1-3-17-36(18-4-1)51-53-48-43-30-28-35-16-10-12-23-42(35)49(43)55(39-20-5-2-6-21-39)50(48)52(54-51)56-44-25-13-24-41(38-27-26-33-14-7-8-19-37(33)32-38)47(44)46-40-22-11-9-15-34(40)29-31-45(46)56/h1-32H. The Morgan fingerprint density at radius 1 is 0.357 bits per heavy atom. The lowest BCUT2D eigenvalue weighted by atomic mass is 9.95. The minimum absolute atomic E-state index is 0.690. The predicted octanol–water partition coefficient (Wildman–Crippen LogP) is 13.5. The highest BCUT2D eigenvalue weighted by atomic mass is 15.1. The van der Waals surface area contributed by atoms with Crippen LogP contribution in [0.1, 0.15) is 0 Å². The first-order chi connectivity index (χ1) is 27.8. The van der Waals surface area contributed by atoms with Gasteiger partial charge in [-0.15, -0.1) is 0 Å². The van der Waals surface area contributed by atoms with Crippen molar-refractivity contribution in [1.82, 2.24) is 19.1 Å². The topological polar surface area (TPSA) is 35.6 Å². The molecule has 0 aliphatic rings. The smallest absolute Gasteiger partial charge is 0.166 e. The molecule has 0 atom stereocenters. The monoisotopic (exact) mass is 712 g/mol. The summed E-state index contributed by atoms with van der Waals surface area (Å²) >= 11 is 0. The molecule has 3 aromatic heterocycles. The Hall–Kier alpha value is -7.56. The number of hydrogen-bond acceptors (Lipinski definition) is 2. The van der Waals surface area contributed by atoms with Crippen LogP contribution in [0.3, 0.4) is 0 Å². The van der Waals surface area contributed by atoms with Crippen molar-refractivity contribution in [3.05, 3.63) is 194 Å². The number of nitrogens with zero attached hydrogens (tertiary/aromatic N) is 4. The maximum absolute atomic E-state index is 5.63. The van der Waals surface area contributed by atoms with Crippen LogP contribution in [0.5, 0.6) is 0 Å². The zero-order valence-electron chi connectivity index (χ0n) is 30.3. The molecule has 4 nitrogen and oxygen atoms in total. The van der Waals surface area contributed by atoms with Crippen molar-refractivity contribution in [3.63, 3.8) is 0 Å². The van der Waals surface area contributed by atoms with Crippen LogP contribution in [0.25, 0.3) is 110 Å².